The highest BCUT2D eigenvalue weighted by Crippen LogP contribution is 2.27. The lowest BCUT2D eigenvalue weighted by Crippen LogP contribution is -2.01. The molecule has 0 saturated carbocycles. The van der Waals surface area contributed by atoms with Crippen molar-refractivity contribution in [2.45, 2.75) is 26.2 Å². The lowest BCUT2D eigenvalue weighted by molar-refractivity contribution is 0.912. The van der Waals surface area contributed by atoms with Gasteiger partial charge in [-0.05, 0) is 42.9 Å². The molecule has 0 atom stereocenters. The van der Waals surface area contributed by atoms with Crippen LogP contribution in [-0.2, 0) is 12.8 Å². The normalized spacial score (nSPS) is 13.4. The van der Waals surface area contributed by atoms with Gasteiger partial charge in [0.15, 0.2) is 0 Å². The fourth-order valence-corrected chi connectivity index (χ4v) is 2.48. The van der Waals surface area contributed by atoms with Gasteiger partial charge in [0.2, 0.25) is 5.95 Å². The molecule has 0 amide bonds. The summed E-state index contributed by atoms with van der Waals surface area (Å²) in [5.74, 6) is 0.697. The highest BCUT2D eigenvalue weighted by atomic mass is 15.1. The van der Waals surface area contributed by atoms with E-state index in [0.717, 1.165) is 12.1 Å². The Morgan fingerprint density at radius 3 is 2.61 bits per heavy atom. The van der Waals surface area contributed by atoms with Crippen LogP contribution >= 0.6 is 0 Å². The molecule has 0 bridgehead atoms. The molecule has 1 aromatic heterocycles. The van der Waals surface area contributed by atoms with Crippen LogP contribution in [0.4, 0.5) is 5.95 Å². The second kappa shape index (κ2) is 4.77. The summed E-state index contributed by atoms with van der Waals surface area (Å²) in [5.41, 5.74) is 5.30. The molecule has 0 saturated heterocycles. The predicted octanol–water partition coefficient (Wildman–Crippen LogP) is 3.06. The van der Waals surface area contributed by atoms with E-state index in [4.69, 9.17) is 0 Å². The minimum Gasteiger partial charge on any atom is -0.355 e. The Bertz CT molecular complexity index is 546. The molecule has 1 heterocycles. The Labute approximate surface area is 107 Å². The average Bonchev–Trinajstić information content (AvgIpc) is 2.87. The highest BCUT2D eigenvalue weighted by molar-refractivity contribution is 5.64. The summed E-state index contributed by atoms with van der Waals surface area (Å²) in [6.07, 6.45) is 7.50. The number of nitrogens with zero attached hydrogens (tertiary/aromatic N) is 2. The molecule has 2 aromatic rings. The minimum atomic E-state index is 0.697. The number of fused-ring (bicyclic) bond motifs is 1. The molecule has 0 aliphatic heterocycles. The first-order valence-electron chi connectivity index (χ1n) is 6.55. The first kappa shape index (κ1) is 11.2. The molecule has 3 rings (SSSR count). The largest absolute Gasteiger partial charge is 0.355 e. The Morgan fingerprint density at radius 2 is 1.83 bits per heavy atom. The Kier molecular flexibility index (Phi) is 2.97. The van der Waals surface area contributed by atoms with Gasteiger partial charge in [-0.25, -0.2) is 9.97 Å². The van der Waals surface area contributed by atoms with Crippen LogP contribution in [0.2, 0.25) is 0 Å². The average molecular weight is 239 g/mol. The zero-order chi connectivity index (χ0) is 12.4. The van der Waals surface area contributed by atoms with E-state index in [0.29, 0.717) is 5.95 Å². The van der Waals surface area contributed by atoms with Crippen molar-refractivity contribution in [1.29, 1.82) is 0 Å². The van der Waals surface area contributed by atoms with Crippen LogP contribution in [-0.4, -0.2) is 16.5 Å². The fourth-order valence-electron chi connectivity index (χ4n) is 2.48. The zero-order valence-electron chi connectivity index (χ0n) is 10.6. The topological polar surface area (TPSA) is 37.8 Å². The van der Waals surface area contributed by atoms with Gasteiger partial charge in [0.05, 0.1) is 0 Å². The fraction of sp³-hybridized carbons (Fsp3) is 0.333. The van der Waals surface area contributed by atoms with Crippen LogP contribution in [0.1, 0.15) is 24.5 Å². The molecule has 3 heteroatoms. The second-order valence-corrected chi connectivity index (χ2v) is 4.66. The Balaban J connectivity index is 1.90. The predicted molar refractivity (Wildman–Crippen MR) is 73.7 cm³/mol. The summed E-state index contributed by atoms with van der Waals surface area (Å²) in [6.45, 7) is 2.88. The maximum atomic E-state index is 4.32. The van der Waals surface area contributed by atoms with Crippen LogP contribution in [0.25, 0.3) is 11.1 Å². The zero-order valence-corrected chi connectivity index (χ0v) is 10.6. The van der Waals surface area contributed by atoms with Crippen LogP contribution < -0.4 is 5.32 Å². The van der Waals surface area contributed by atoms with Gasteiger partial charge in [-0.1, -0.05) is 18.2 Å². The van der Waals surface area contributed by atoms with Gasteiger partial charge >= 0.3 is 0 Å². The molecule has 0 unspecified atom stereocenters. The van der Waals surface area contributed by atoms with Crippen molar-refractivity contribution >= 4 is 5.95 Å². The molecular formula is C15H17N3. The standard InChI is InChI=1S/C15H17N3/c1-2-16-15-17-9-14(10-18-15)13-7-6-11-4-3-5-12(11)8-13/h6-10H,2-5H2,1H3,(H,16,17,18). The molecule has 1 aliphatic carbocycles. The van der Waals surface area contributed by atoms with E-state index in [-0.39, 0.29) is 0 Å². The number of aromatic nitrogens is 2. The van der Waals surface area contributed by atoms with Crippen molar-refractivity contribution in [2.75, 3.05) is 11.9 Å². The number of nitrogens with one attached hydrogen (secondary N) is 1. The summed E-state index contributed by atoms with van der Waals surface area (Å²) in [6, 6.07) is 6.71. The third-order valence-corrected chi connectivity index (χ3v) is 3.42. The van der Waals surface area contributed by atoms with Gasteiger partial charge in [0, 0.05) is 24.5 Å². The lowest BCUT2D eigenvalue weighted by atomic mass is 10.0. The second-order valence-electron chi connectivity index (χ2n) is 4.66. The number of anilines is 1. The summed E-state index contributed by atoms with van der Waals surface area (Å²) in [5, 5.41) is 3.11. The van der Waals surface area contributed by atoms with Crippen LogP contribution in [0.3, 0.4) is 0 Å². The number of hydrogen-bond donors (Lipinski definition) is 1. The molecule has 18 heavy (non-hydrogen) atoms. The molecular weight excluding hydrogens is 222 g/mol. The van der Waals surface area contributed by atoms with E-state index in [1.807, 2.05) is 19.3 Å². The van der Waals surface area contributed by atoms with Gasteiger partial charge in [-0.2, -0.15) is 0 Å². The summed E-state index contributed by atoms with van der Waals surface area (Å²) >= 11 is 0. The SMILES string of the molecule is CCNc1ncc(-c2ccc3c(c2)CCC3)cn1. The van der Waals surface area contributed by atoms with Crippen molar-refractivity contribution in [3.05, 3.63) is 41.7 Å². The first-order chi connectivity index (χ1) is 8.86. The maximum absolute atomic E-state index is 4.32. The number of rotatable bonds is 3. The molecule has 0 fully saturated rings. The lowest BCUT2D eigenvalue weighted by Gasteiger charge is -2.06. The third-order valence-electron chi connectivity index (χ3n) is 3.42. The Morgan fingerprint density at radius 1 is 1.06 bits per heavy atom. The van der Waals surface area contributed by atoms with Crippen molar-refractivity contribution in [1.82, 2.24) is 9.97 Å². The monoisotopic (exact) mass is 239 g/mol. The molecule has 3 nitrogen and oxygen atoms in total. The molecule has 0 radical (unpaired) electrons. The number of hydrogen-bond acceptors (Lipinski definition) is 3. The van der Waals surface area contributed by atoms with Gasteiger partial charge in [0.1, 0.15) is 0 Å². The van der Waals surface area contributed by atoms with Crippen LogP contribution in [0.5, 0.6) is 0 Å². The van der Waals surface area contributed by atoms with E-state index in [1.165, 1.54) is 36.0 Å². The van der Waals surface area contributed by atoms with Crippen LogP contribution in [0, 0.1) is 0 Å². The molecule has 1 N–H and O–H groups in total. The van der Waals surface area contributed by atoms with E-state index < -0.39 is 0 Å². The van der Waals surface area contributed by atoms with Crippen LogP contribution in [0.15, 0.2) is 30.6 Å². The smallest absolute Gasteiger partial charge is 0.222 e. The quantitative estimate of drug-likeness (QED) is 0.894. The molecule has 92 valence electrons. The van der Waals surface area contributed by atoms with E-state index in [1.54, 1.807) is 0 Å². The van der Waals surface area contributed by atoms with Crippen molar-refractivity contribution < 1.29 is 0 Å². The van der Waals surface area contributed by atoms with Gasteiger partial charge in [0.25, 0.3) is 0 Å². The summed E-state index contributed by atoms with van der Waals surface area (Å²) < 4.78 is 0. The van der Waals surface area contributed by atoms with Gasteiger partial charge in [-0.15, -0.1) is 0 Å². The summed E-state index contributed by atoms with van der Waals surface area (Å²) in [4.78, 5) is 8.63. The van der Waals surface area contributed by atoms with Gasteiger partial charge < -0.3 is 5.32 Å². The van der Waals surface area contributed by atoms with Crippen molar-refractivity contribution in [2.24, 2.45) is 0 Å². The van der Waals surface area contributed by atoms with E-state index in [2.05, 4.69) is 33.5 Å². The molecule has 1 aliphatic rings. The Hall–Kier alpha value is -1.90. The molecule has 0 spiro atoms. The van der Waals surface area contributed by atoms with E-state index >= 15 is 0 Å². The summed E-state index contributed by atoms with van der Waals surface area (Å²) in [7, 11) is 0. The van der Waals surface area contributed by atoms with Crippen molar-refractivity contribution in [3.63, 3.8) is 0 Å². The maximum Gasteiger partial charge on any atom is 0.222 e. The molecule has 1 aromatic carbocycles. The van der Waals surface area contributed by atoms with Crippen molar-refractivity contribution in [3.8, 4) is 11.1 Å². The number of benzene rings is 1. The third kappa shape index (κ3) is 2.08. The minimum absolute atomic E-state index is 0.697. The highest BCUT2D eigenvalue weighted by Gasteiger charge is 2.11. The van der Waals surface area contributed by atoms with Gasteiger partial charge in [-0.3, -0.25) is 0 Å². The van der Waals surface area contributed by atoms with E-state index in [9.17, 15) is 0 Å². The first-order valence-corrected chi connectivity index (χ1v) is 6.55. The number of aryl methyl sites for hydroxylation is 2.